The Bertz CT molecular complexity index is 630. The third kappa shape index (κ3) is 6.14. The van der Waals surface area contributed by atoms with Crippen molar-refractivity contribution in [2.45, 2.75) is 25.2 Å². The Kier molecular flexibility index (Phi) is 7.95. The minimum atomic E-state index is -3.56. The van der Waals surface area contributed by atoms with Gasteiger partial charge >= 0.3 is 0 Å². The summed E-state index contributed by atoms with van der Waals surface area (Å²) in [6, 6.07) is 4.70. The van der Waals surface area contributed by atoms with Crippen molar-refractivity contribution in [2.75, 3.05) is 52.6 Å². The van der Waals surface area contributed by atoms with E-state index in [0.29, 0.717) is 31.3 Å². The molecule has 25 heavy (non-hydrogen) atoms. The van der Waals surface area contributed by atoms with Gasteiger partial charge in [-0.25, -0.2) is 13.1 Å². The van der Waals surface area contributed by atoms with Crippen LogP contribution in [0.1, 0.15) is 20.3 Å². The van der Waals surface area contributed by atoms with Crippen molar-refractivity contribution < 1.29 is 27.5 Å². The van der Waals surface area contributed by atoms with Gasteiger partial charge in [-0.15, -0.1) is 0 Å². The van der Waals surface area contributed by atoms with Gasteiger partial charge in [-0.3, -0.25) is 0 Å². The van der Waals surface area contributed by atoms with Crippen molar-refractivity contribution in [3.8, 4) is 11.5 Å². The summed E-state index contributed by atoms with van der Waals surface area (Å²) in [5, 5.41) is 0. The van der Waals surface area contributed by atoms with Crippen LogP contribution in [0.2, 0.25) is 0 Å². The van der Waals surface area contributed by atoms with Crippen LogP contribution in [-0.2, 0) is 14.8 Å². The summed E-state index contributed by atoms with van der Waals surface area (Å²) in [5.74, 6) is 1.00. The normalized spacial score (nSPS) is 15.9. The third-order valence-corrected chi connectivity index (χ3v) is 5.48. The molecule has 0 aliphatic carbocycles. The van der Waals surface area contributed by atoms with Crippen LogP contribution in [0.15, 0.2) is 23.1 Å². The molecule has 2 N–H and O–H groups in total. The van der Waals surface area contributed by atoms with Crippen LogP contribution in [0.25, 0.3) is 0 Å². The fraction of sp³-hybridized carbons (Fsp3) is 0.647. The largest absolute Gasteiger partial charge is 0.490 e. The van der Waals surface area contributed by atoms with Crippen LogP contribution in [-0.4, -0.2) is 61.0 Å². The number of nitrogens with one attached hydrogen (secondary N) is 2. The van der Waals surface area contributed by atoms with Gasteiger partial charge in [0.05, 0.1) is 37.9 Å². The highest BCUT2D eigenvalue weighted by Crippen LogP contribution is 2.30. The Balaban J connectivity index is 1.92. The molecule has 142 valence electrons. The fourth-order valence-corrected chi connectivity index (χ4v) is 3.83. The molecule has 0 saturated carbocycles. The predicted octanol–water partition coefficient (Wildman–Crippen LogP) is 0.0675. The van der Waals surface area contributed by atoms with Gasteiger partial charge in [-0.1, -0.05) is 0 Å². The molecule has 0 radical (unpaired) electrons. The molecule has 0 atom stereocenters. The molecule has 1 aromatic carbocycles. The Morgan fingerprint density at radius 3 is 2.48 bits per heavy atom. The maximum Gasteiger partial charge on any atom is 0.240 e. The van der Waals surface area contributed by atoms with E-state index in [9.17, 15) is 8.42 Å². The lowest BCUT2D eigenvalue weighted by molar-refractivity contribution is -0.908. The summed E-state index contributed by atoms with van der Waals surface area (Å²) in [6.45, 7) is 9.58. The smallest absolute Gasteiger partial charge is 0.240 e. The molecule has 1 aliphatic heterocycles. The SMILES string of the molecule is CCOc1ccc(S(=O)(=O)NCCC[NH+]2CCOCC2)cc1OCC. The van der Waals surface area contributed by atoms with Gasteiger partial charge in [0, 0.05) is 19.0 Å². The van der Waals surface area contributed by atoms with Crippen molar-refractivity contribution in [3.05, 3.63) is 18.2 Å². The molecular formula is C17H29N2O5S+. The number of ether oxygens (including phenoxy) is 3. The van der Waals surface area contributed by atoms with E-state index < -0.39 is 10.0 Å². The standard InChI is InChI=1S/C17H28N2O5S/c1-3-23-16-7-6-15(14-17(16)24-4-2)25(20,21)18-8-5-9-19-10-12-22-13-11-19/h6-7,14,18H,3-5,8-13H2,1-2H3/p+1. The number of benzene rings is 1. The molecule has 1 heterocycles. The van der Waals surface area contributed by atoms with Gasteiger partial charge < -0.3 is 19.1 Å². The van der Waals surface area contributed by atoms with E-state index in [1.165, 1.54) is 11.0 Å². The monoisotopic (exact) mass is 373 g/mol. The first kappa shape index (κ1) is 20.0. The Morgan fingerprint density at radius 2 is 1.80 bits per heavy atom. The van der Waals surface area contributed by atoms with Gasteiger partial charge in [-0.05, 0) is 26.0 Å². The molecule has 0 aromatic heterocycles. The molecule has 1 saturated heterocycles. The lowest BCUT2D eigenvalue weighted by Crippen LogP contribution is -3.14. The fourth-order valence-electron chi connectivity index (χ4n) is 2.74. The second kappa shape index (κ2) is 9.96. The number of rotatable bonds is 10. The summed E-state index contributed by atoms with van der Waals surface area (Å²) in [4.78, 5) is 1.66. The zero-order chi connectivity index (χ0) is 18.1. The van der Waals surface area contributed by atoms with E-state index in [-0.39, 0.29) is 4.90 Å². The summed E-state index contributed by atoms with van der Waals surface area (Å²) in [5.41, 5.74) is 0. The van der Waals surface area contributed by atoms with Gasteiger partial charge in [0.25, 0.3) is 0 Å². The first-order valence-electron chi connectivity index (χ1n) is 8.87. The van der Waals surface area contributed by atoms with Gasteiger partial charge in [0.2, 0.25) is 10.0 Å². The first-order chi connectivity index (χ1) is 12.1. The topological polar surface area (TPSA) is 78.3 Å². The number of hydrogen-bond acceptors (Lipinski definition) is 5. The maximum atomic E-state index is 12.5. The van der Waals surface area contributed by atoms with E-state index in [0.717, 1.165) is 39.3 Å². The summed E-state index contributed by atoms with van der Waals surface area (Å²) >= 11 is 0. The second-order valence-corrected chi connectivity index (χ2v) is 7.61. The van der Waals surface area contributed by atoms with E-state index in [1.807, 2.05) is 13.8 Å². The highest BCUT2D eigenvalue weighted by atomic mass is 32.2. The van der Waals surface area contributed by atoms with Gasteiger partial charge in [0.1, 0.15) is 13.1 Å². The molecule has 0 bridgehead atoms. The van der Waals surface area contributed by atoms with E-state index in [4.69, 9.17) is 14.2 Å². The highest BCUT2D eigenvalue weighted by Gasteiger charge is 2.18. The van der Waals surface area contributed by atoms with Crippen molar-refractivity contribution in [3.63, 3.8) is 0 Å². The molecule has 1 aliphatic rings. The number of sulfonamides is 1. The average molecular weight is 373 g/mol. The van der Waals surface area contributed by atoms with Crippen molar-refractivity contribution in [1.29, 1.82) is 0 Å². The second-order valence-electron chi connectivity index (χ2n) is 5.84. The van der Waals surface area contributed by atoms with Crippen LogP contribution < -0.4 is 19.1 Å². The quantitative estimate of drug-likeness (QED) is 0.568. The minimum Gasteiger partial charge on any atom is -0.490 e. The van der Waals surface area contributed by atoms with Gasteiger partial charge in [0.15, 0.2) is 11.5 Å². The Morgan fingerprint density at radius 1 is 1.12 bits per heavy atom. The van der Waals surface area contributed by atoms with E-state index in [1.54, 1.807) is 12.1 Å². The van der Waals surface area contributed by atoms with Crippen molar-refractivity contribution in [2.24, 2.45) is 0 Å². The maximum absolute atomic E-state index is 12.5. The molecule has 0 spiro atoms. The Hall–Kier alpha value is -1.35. The van der Waals surface area contributed by atoms with Gasteiger partial charge in [-0.2, -0.15) is 0 Å². The van der Waals surface area contributed by atoms with E-state index >= 15 is 0 Å². The third-order valence-electron chi connectivity index (χ3n) is 4.02. The van der Waals surface area contributed by atoms with Crippen LogP contribution in [0, 0.1) is 0 Å². The van der Waals surface area contributed by atoms with Crippen LogP contribution >= 0.6 is 0 Å². The number of morpholine rings is 1. The van der Waals surface area contributed by atoms with Crippen LogP contribution in [0.3, 0.4) is 0 Å². The molecular weight excluding hydrogens is 344 g/mol. The lowest BCUT2D eigenvalue weighted by atomic mass is 10.3. The molecule has 2 rings (SSSR count). The first-order valence-corrected chi connectivity index (χ1v) is 10.4. The molecule has 1 fully saturated rings. The summed E-state index contributed by atoms with van der Waals surface area (Å²) in [6.07, 6.45) is 0.796. The number of quaternary nitrogens is 1. The minimum absolute atomic E-state index is 0.193. The number of hydrogen-bond donors (Lipinski definition) is 2. The zero-order valence-corrected chi connectivity index (χ0v) is 15.9. The zero-order valence-electron chi connectivity index (χ0n) is 15.0. The average Bonchev–Trinajstić information content (AvgIpc) is 2.61. The van der Waals surface area contributed by atoms with Crippen LogP contribution in [0.5, 0.6) is 11.5 Å². The summed E-state index contributed by atoms with van der Waals surface area (Å²) in [7, 11) is -3.56. The van der Waals surface area contributed by atoms with E-state index in [2.05, 4.69) is 4.72 Å². The molecule has 7 nitrogen and oxygen atoms in total. The predicted molar refractivity (Wildman–Crippen MR) is 95.0 cm³/mol. The molecule has 0 unspecified atom stereocenters. The molecule has 1 aromatic rings. The van der Waals surface area contributed by atoms with Crippen molar-refractivity contribution in [1.82, 2.24) is 4.72 Å². The van der Waals surface area contributed by atoms with Crippen molar-refractivity contribution >= 4 is 10.0 Å². The van der Waals surface area contributed by atoms with Crippen LogP contribution in [0.4, 0.5) is 0 Å². The molecule has 0 amide bonds. The molecule has 8 heteroatoms. The lowest BCUT2D eigenvalue weighted by Gasteiger charge is -2.23. The highest BCUT2D eigenvalue weighted by molar-refractivity contribution is 7.89. The Labute approximate surface area is 150 Å². The summed E-state index contributed by atoms with van der Waals surface area (Å²) < 4.78 is 43.9.